The van der Waals surface area contributed by atoms with E-state index in [-0.39, 0.29) is 49.4 Å². The Kier molecular flexibility index (Phi) is 26.4. The first kappa shape index (κ1) is 68.8. The van der Waals surface area contributed by atoms with Crippen molar-refractivity contribution in [3.8, 4) is 22.3 Å². The van der Waals surface area contributed by atoms with Gasteiger partial charge in [0.1, 0.15) is 18.0 Å². The van der Waals surface area contributed by atoms with Gasteiger partial charge in [0.25, 0.3) is 11.1 Å². The highest BCUT2D eigenvalue weighted by Gasteiger charge is 2.38. The number of H-pyrrole nitrogens is 1. The Balaban J connectivity index is 0.000000239. The second kappa shape index (κ2) is 31.4. The SMILES string of the molecule is C.CCCOCn1c(=O)c(-c2ccccc2Cl)cc2cnc(NC3CCC(NS(C)(=O)=O)CC3)nc21.CS(=O)(=O)NC1CCC(Nc2ncc3cc(-c4ccccc4Cl)c(=O)[nH]c3n2)CC1.[B]B([B])B([B])B(B([B])[B])B(B([B])[B])B([B])[B]. The fourth-order valence-electron chi connectivity index (χ4n) is 9.94. The van der Waals surface area contributed by atoms with Crippen LogP contribution in [0.2, 0.25) is 10.0 Å². The Bertz CT molecular complexity index is 3420. The van der Waals surface area contributed by atoms with Crippen LogP contribution in [0.3, 0.4) is 0 Å². The number of fused-ring (bicyclic) bond motifs is 2. The van der Waals surface area contributed by atoms with E-state index in [2.05, 4.69) is 45.0 Å². The van der Waals surface area contributed by atoms with Crippen LogP contribution in [0.4, 0.5) is 11.9 Å². The highest BCUT2D eigenvalue weighted by Crippen LogP contribution is 2.30. The second-order valence-electron chi connectivity index (χ2n) is 20.5. The van der Waals surface area contributed by atoms with Gasteiger partial charge in [0.05, 0.1) is 12.5 Å². The molecule has 4 heterocycles. The van der Waals surface area contributed by atoms with Gasteiger partial charge < -0.3 is 20.4 Å². The van der Waals surface area contributed by atoms with Crippen molar-refractivity contribution in [1.82, 2.24) is 38.9 Å². The third kappa shape index (κ3) is 19.8. The van der Waals surface area contributed by atoms with Gasteiger partial charge in [-0.1, -0.05) is 74.0 Å². The fourth-order valence-corrected chi connectivity index (χ4v) is 12.1. The first-order valence-corrected chi connectivity index (χ1v) is 30.9. The molecule has 8 rings (SSSR count). The number of pyridine rings is 2. The first-order valence-electron chi connectivity index (χ1n) is 26.4. The molecule has 18 radical (unpaired) electrons. The largest absolute Gasteiger partial charge is 0.361 e. The summed E-state index contributed by atoms with van der Waals surface area (Å²) in [6.07, 6.45) is 7.65. The molecule has 6 aromatic rings. The second-order valence-corrected chi connectivity index (χ2v) is 24.9. The summed E-state index contributed by atoms with van der Waals surface area (Å²) in [4.78, 5) is 46.8. The molecular formula is C45H56B16Cl2N10O7S2. The molecule has 17 nitrogen and oxygen atoms in total. The Morgan fingerprint density at radius 3 is 1.51 bits per heavy atom. The van der Waals surface area contributed by atoms with E-state index in [9.17, 15) is 26.4 Å². The van der Waals surface area contributed by atoms with Crippen LogP contribution >= 0.6 is 23.2 Å². The van der Waals surface area contributed by atoms with Crippen molar-refractivity contribution in [2.24, 2.45) is 0 Å². The maximum absolute atomic E-state index is 13.5. The summed E-state index contributed by atoms with van der Waals surface area (Å²) in [5.74, 6) is 0.856. The smallest absolute Gasteiger partial charge is 0.262 e. The lowest BCUT2D eigenvalue weighted by atomic mass is 8.44. The van der Waals surface area contributed by atoms with Gasteiger partial charge in [-0.25, -0.2) is 36.2 Å². The van der Waals surface area contributed by atoms with Crippen molar-refractivity contribution >= 4 is 192 Å². The van der Waals surface area contributed by atoms with Crippen LogP contribution in [0.15, 0.2) is 82.6 Å². The molecule has 2 aliphatic carbocycles. The molecule has 0 aliphatic heterocycles. The van der Waals surface area contributed by atoms with Gasteiger partial charge in [-0.15, -0.1) is 0 Å². The molecule has 0 bridgehead atoms. The standard InChI is InChI=1S/C24H30ClN5O4S.C20H22ClN5O3S.CH4.B16/c1-3-12-34-15-30-22-16(13-20(23(30)31)19-6-4-5-7-21(19)25)14-26-24(28-22)27-17-8-10-18(11-9-17)29-35(2,32)33;1-30(28,29)26-14-8-6-13(7-9-14)23-20-22-11-12-10-16(19(27)24-18(12)25-20)15-4-2-3-5-17(15)21;;1-10(2)14(9)16(13(7)8)15(11(3)4)12(5)6/h4-7,13-14,17-18,29H,3,8-12,15H2,1-2H3,(H,26,27,28);2-5,10-11,13-14,26H,6-9H2,1H3,(H2,22,23,24,25,27);1H4;. The van der Waals surface area contributed by atoms with Crippen molar-refractivity contribution in [1.29, 1.82) is 0 Å². The molecular weight excluding hydrogens is 1100 g/mol. The summed E-state index contributed by atoms with van der Waals surface area (Å²) in [6.45, 7) is 2.59. The molecule has 2 saturated carbocycles. The van der Waals surface area contributed by atoms with Crippen molar-refractivity contribution in [2.75, 3.05) is 29.8 Å². The van der Waals surface area contributed by atoms with E-state index in [4.69, 9.17) is 97.6 Å². The molecule has 0 spiro atoms. The van der Waals surface area contributed by atoms with Gasteiger partial charge in [-0.2, -0.15) is 9.97 Å². The summed E-state index contributed by atoms with van der Waals surface area (Å²) < 4.78 is 58.3. The lowest BCUT2D eigenvalue weighted by molar-refractivity contribution is 0.0779. The maximum Gasteiger partial charge on any atom is 0.262 e. The van der Waals surface area contributed by atoms with E-state index in [0.717, 1.165) is 57.8 Å². The van der Waals surface area contributed by atoms with E-state index in [1.165, 1.54) is 17.1 Å². The molecule has 37 heteroatoms. The van der Waals surface area contributed by atoms with Crippen molar-refractivity contribution in [3.05, 3.63) is 104 Å². The highest BCUT2D eigenvalue weighted by atomic mass is 35.5. The number of aromatic amines is 1. The normalized spacial score (nSPS) is 16.9. The van der Waals surface area contributed by atoms with Gasteiger partial charge in [0.15, 0.2) is 0 Å². The van der Waals surface area contributed by atoms with Crippen molar-refractivity contribution < 1.29 is 21.6 Å². The van der Waals surface area contributed by atoms with E-state index in [1.807, 2.05) is 37.3 Å². The molecule has 0 atom stereocenters. The lowest BCUT2D eigenvalue weighted by Gasteiger charge is -2.37. The van der Waals surface area contributed by atoms with Crippen molar-refractivity contribution in [2.45, 2.75) is 103 Å². The third-order valence-corrected chi connectivity index (χ3v) is 16.0. The summed E-state index contributed by atoms with van der Waals surface area (Å²) in [7, 11) is 43.9. The minimum absolute atomic E-state index is 0. The van der Waals surface area contributed by atoms with E-state index < -0.39 is 64.7 Å². The van der Waals surface area contributed by atoms with Crippen molar-refractivity contribution in [3.63, 3.8) is 0 Å². The molecule has 0 amide bonds. The Morgan fingerprint density at radius 1 is 0.622 bits per heavy atom. The van der Waals surface area contributed by atoms with Gasteiger partial charge in [-0.3, -0.25) is 14.2 Å². The number of anilines is 2. The molecule has 2 fully saturated rings. The lowest BCUT2D eigenvalue weighted by Crippen LogP contribution is -2.75. The summed E-state index contributed by atoms with van der Waals surface area (Å²) in [5.41, 5.74) is 2.65. The third-order valence-electron chi connectivity index (χ3n) is 13.9. The molecule has 4 aromatic heterocycles. The average Bonchev–Trinajstić information content (AvgIpc) is 3.23. The number of hydrogen-bond donors (Lipinski definition) is 5. The fraction of sp³-hybridized carbons (Fsp3) is 0.422. The van der Waals surface area contributed by atoms with Crippen LogP contribution in [0, 0.1) is 0 Å². The zero-order chi connectivity index (χ0) is 59.3. The molecule has 0 unspecified atom stereocenters. The number of halogens is 2. The molecule has 2 aromatic carbocycles. The number of hydrogen-bond acceptors (Lipinski definition) is 13. The predicted octanol–water partition coefficient (Wildman–Crippen LogP) is 1.22. The number of nitrogens with zero attached hydrogens (tertiary/aromatic N) is 5. The molecule has 0 saturated heterocycles. The van der Waals surface area contributed by atoms with Gasteiger partial charge >= 0.3 is 0 Å². The number of aromatic nitrogens is 6. The van der Waals surface area contributed by atoms with Gasteiger partial charge in [0, 0.05) is 201 Å². The minimum atomic E-state index is -3.22. The highest BCUT2D eigenvalue weighted by molar-refractivity contribution is 8.13. The molecule has 2 aliphatic rings. The van der Waals surface area contributed by atoms with Crippen LogP contribution in [0.25, 0.3) is 44.3 Å². The average molecular weight is 1160 g/mol. The first-order chi connectivity index (χ1) is 38.2. The van der Waals surface area contributed by atoms with Gasteiger partial charge in [0.2, 0.25) is 31.9 Å². The number of sulfonamides is 2. The quantitative estimate of drug-likeness (QED) is 0.0536. The van der Waals surface area contributed by atoms with E-state index >= 15 is 0 Å². The molecule has 5 N–H and O–H groups in total. The predicted molar refractivity (Wildman–Crippen MR) is 355 cm³/mol. The van der Waals surface area contributed by atoms with Crippen LogP contribution < -0.4 is 31.2 Å². The van der Waals surface area contributed by atoms with Gasteiger partial charge in [-0.05, 0) is 82.1 Å². The van der Waals surface area contributed by atoms with Crippen LogP contribution in [0.5, 0.6) is 0 Å². The van der Waals surface area contributed by atoms with Crippen LogP contribution in [-0.4, -0.2) is 204 Å². The number of benzene rings is 2. The summed E-state index contributed by atoms with van der Waals surface area (Å²) in [5, 5.41) is 9.04. The minimum Gasteiger partial charge on any atom is -0.361 e. The zero-order valence-electron chi connectivity index (χ0n) is 45.4. The summed E-state index contributed by atoms with van der Waals surface area (Å²) >= 11 is 12.6. The zero-order valence-corrected chi connectivity index (χ0v) is 48.6. The van der Waals surface area contributed by atoms with E-state index in [1.54, 1.807) is 42.7 Å². The summed E-state index contributed by atoms with van der Waals surface area (Å²) in [6, 6.07) is 18.1. The maximum atomic E-state index is 13.5. The topological polar surface area (TPSA) is 232 Å². The van der Waals surface area contributed by atoms with E-state index in [0.29, 0.717) is 72.9 Å². The Labute approximate surface area is 507 Å². The van der Waals surface area contributed by atoms with Crippen LogP contribution in [0.1, 0.15) is 72.1 Å². The number of nitrogens with one attached hydrogen (secondary N) is 5. The van der Waals surface area contributed by atoms with Crippen LogP contribution in [-0.2, 0) is 31.5 Å². The Morgan fingerprint density at radius 2 is 1.06 bits per heavy atom. The molecule has 82 heavy (non-hydrogen) atoms. The Hall–Kier alpha value is -3.98. The monoisotopic (exact) mass is 1160 g/mol. The number of rotatable bonds is 20. The molecule has 402 valence electrons. The number of ether oxygens (including phenoxy) is 1.